The molecule has 3 N–H and O–H groups in total. The van der Waals surface area contributed by atoms with Gasteiger partial charge in [0.15, 0.2) is 5.82 Å². The zero-order valence-electron chi connectivity index (χ0n) is 9.42. The van der Waals surface area contributed by atoms with E-state index >= 15 is 0 Å². The summed E-state index contributed by atoms with van der Waals surface area (Å²) >= 11 is 0. The second-order valence-corrected chi connectivity index (χ2v) is 3.64. The normalized spacial score (nSPS) is 10.2. The zero-order valence-corrected chi connectivity index (χ0v) is 9.42. The summed E-state index contributed by atoms with van der Waals surface area (Å²) in [5.41, 5.74) is 6.74. The molecule has 88 valence electrons. The van der Waals surface area contributed by atoms with E-state index in [2.05, 4.69) is 15.4 Å². The third kappa shape index (κ3) is 2.81. The highest BCUT2D eigenvalue weighted by Gasteiger charge is 2.06. The number of nitrogens with one attached hydrogen (secondary N) is 1. The largest absolute Gasteiger partial charge is 0.399 e. The number of rotatable bonds is 3. The SMILES string of the molecule is Cn1cnc(CNC(=O)c2ccc(N)cc2)n1. The van der Waals surface area contributed by atoms with Crippen LogP contribution in [0.3, 0.4) is 0 Å². The van der Waals surface area contributed by atoms with Gasteiger partial charge < -0.3 is 11.1 Å². The van der Waals surface area contributed by atoms with Gasteiger partial charge in [0.1, 0.15) is 6.33 Å². The van der Waals surface area contributed by atoms with Crippen molar-refractivity contribution in [2.24, 2.45) is 7.05 Å². The zero-order chi connectivity index (χ0) is 12.3. The van der Waals surface area contributed by atoms with Gasteiger partial charge in [-0.05, 0) is 24.3 Å². The average molecular weight is 231 g/mol. The first kappa shape index (κ1) is 11.1. The maximum atomic E-state index is 11.7. The molecule has 6 heteroatoms. The first-order chi connectivity index (χ1) is 8.15. The van der Waals surface area contributed by atoms with E-state index in [0.29, 0.717) is 23.6 Å². The molecular weight excluding hydrogens is 218 g/mol. The number of anilines is 1. The summed E-state index contributed by atoms with van der Waals surface area (Å²) in [6.07, 6.45) is 1.59. The van der Waals surface area contributed by atoms with Crippen LogP contribution in [0.15, 0.2) is 30.6 Å². The topological polar surface area (TPSA) is 85.8 Å². The summed E-state index contributed by atoms with van der Waals surface area (Å²) in [6, 6.07) is 6.73. The number of hydrogen-bond acceptors (Lipinski definition) is 4. The smallest absolute Gasteiger partial charge is 0.251 e. The average Bonchev–Trinajstić information content (AvgIpc) is 2.73. The molecule has 1 aromatic heterocycles. The van der Waals surface area contributed by atoms with Crippen LogP contribution in [0.25, 0.3) is 0 Å². The number of carbonyl (C=O) groups excluding carboxylic acids is 1. The minimum atomic E-state index is -0.169. The molecule has 0 unspecified atom stereocenters. The molecule has 0 atom stereocenters. The van der Waals surface area contributed by atoms with Crippen LogP contribution in [0.2, 0.25) is 0 Å². The molecule has 6 nitrogen and oxygen atoms in total. The number of nitrogen functional groups attached to an aromatic ring is 1. The molecule has 0 radical (unpaired) electrons. The van der Waals surface area contributed by atoms with Crippen molar-refractivity contribution in [3.8, 4) is 0 Å². The van der Waals surface area contributed by atoms with Crippen LogP contribution < -0.4 is 11.1 Å². The minimum absolute atomic E-state index is 0.169. The van der Waals surface area contributed by atoms with Crippen LogP contribution in [0, 0.1) is 0 Å². The van der Waals surface area contributed by atoms with E-state index in [4.69, 9.17) is 5.73 Å². The fourth-order valence-corrected chi connectivity index (χ4v) is 1.36. The van der Waals surface area contributed by atoms with E-state index in [1.54, 1.807) is 42.3 Å². The number of aromatic nitrogens is 3. The highest BCUT2D eigenvalue weighted by atomic mass is 16.1. The molecule has 0 fully saturated rings. The van der Waals surface area contributed by atoms with Crippen molar-refractivity contribution in [3.63, 3.8) is 0 Å². The second kappa shape index (κ2) is 4.65. The molecule has 0 saturated heterocycles. The molecule has 1 amide bonds. The van der Waals surface area contributed by atoms with E-state index in [9.17, 15) is 4.79 Å². The number of hydrogen-bond donors (Lipinski definition) is 2. The molecule has 17 heavy (non-hydrogen) atoms. The summed E-state index contributed by atoms with van der Waals surface area (Å²) in [4.78, 5) is 15.7. The highest BCUT2D eigenvalue weighted by Crippen LogP contribution is 2.05. The molecule has 0 aliphatic carbocycles. The van der Waals surface area contributed by atoms with Gasteiger partial charge in [0, 0.05) is 18.3 Å². The molecule has 1 aromatic carbocycles. The Morgan fingerprint density at radius 1 is 1.41 bits per heavy atom. The van der Waals surface area contributed by atoms with Crippen molar-refractivity contribution in [2.45, 2.75) is 6.54 Å². The lowest BCUT2D eigenvalue weighted by Crippen LogP contribution is -2.23. The first-order valence-electron chi connectivity index (χ1n) is 5.13. The standard InChI is InChI=1S/C11H13N5O/c1-16-7-14-10(15-16)6-13-11(17)8-2-4-9(12)5-3-8/h2-5,7H,6,12H2,1H3,(H,13,17). The molecule has 0 aliphatic heterocycles. The van der Waals surface area contributed by atoms with Crippen LogP contribution in [-0.2, 0) is 13.6 Å². The van der Waals surface area contributed by atoms with Gasteiger partial charge in [0.05, 0.1) is 6.54 Å². The molecule has 2 aromatic rings. The molecule has 0 saturated carbocycles. The summed E-state index contributed by atoms with van der Waals surface area (Å²) in [5.74, 6) is 0.411. The lowest BCUT2D eigenvalue weighted by Gasteiger charge is -2.02. The monoisotopic (exact) mass is 231 g/mol. The number of nitrogens with zero attached hydrogens (tertiary/aromatic N) is 3. The fourth-order valence-electron chi connectivity index (χ4n) is 1.36. The second-order valence-electron chi connectivity index (χ2n) is 3.64. The van der Waals surface area contributed by atoms with Crippen molar-refractivity contribution in [1.82, 2.24) is 20.1 Å². The van der Waals surface area contributed by atoms with Gasteiger partial charge in [-0.1, -0.05) is 0 Å². The van der Waals surface area contributed by atoms with Gasteiger partial charge >= 0.3 is 0 Å². The van der Waals surface area contributed by atoms with Gasteiger partial charge in [-0.3, -0.25) is 9.48 Å². The Kier molecular flexibility index (Phi) is 3.04. The number of benzene rings is 1. The Morgan fingerprint density at radius 2 is 2.12 bits per heavy atom. The molecule has 2 rings (SSSR count). The highest BCUT2D eigenvalue weighted by molar-refractivity contribution is 5.94. The predicted octanol–water partition coefficient (Wildman–Crippen LogP) is 0.327. The summed E-state index contributed by atoms with van der Waals surface area (Å²) in [5, 5.41) is 6.79. The van der Waals surface area contributed by atoms with E-state index in [1.165, 1.54) is 0 Å². The van der Waals surface area contributed by atoms with Gasteiger partial charge in [-0.15, -0.1) is 0 Å². The van der Waals surface area contributed by atoms with Gasteiger partial charge in [0.2, 0.25) is 0 Å². The molecule has 1 heterocycles. The Bertz CT molecular complexity index is 517. The quantitative estimate of drug-likeness (QED) is 0.745. The van der Waals surface area contributed by atoms with Crippen molar-refractivity contribution >= 4 is 11.6 Å². The van der Waals surface area contributed by atoms with E-state index in [0.717, 1.165) is 0 Å². The molecule has 0 bridgehead atoms. The van der Waals surface area contributed by atoms with Gasteiger partial charge in [-0.25, -0.2) is 4.98 Å². The first-order valence-corrected chi connectivity index (χ1v) is 5.13. The number of nitrogens with two attached hydrogens (primary N) is 1. The molecule has 0 spiro atoms. The Labute approximate surface area is 98.5 Å². The Hall–Kier alpha value is -2.37. The lowest BCUT2D eigenvalue weighted by molar-refractivity contribution is 0.0950. The summed E-state index contributed by atoms with van der Waals surface area (Å²) in [7, 11) is 1.78. The van der Waals surface area contributed by atoms with Crippen LogP contribution in [-0.4, -0.2) is 20.7 Å². The van der Waals surface area contributed by atoms with Crippen molar-refractivity contribution < 1.29 is 4.79 Å². The van der Waals surface area contributed by atoms with Crippen molar-refractivity contribution in [3.05, 3.63) is 42.0 Å². The summed E-state index contributed by atoms with van der Waals surface area (Å²) in [6.45, 7) is 0.310. The molecular formula is C11H13N5O. The van der Waals surface area contributed by atoms with Gasteiger partial charge in [0.25, 0.3) is 5.91 Å². The third-order valence-corrected chi connectivity index (χ3v) is 2.23. The Morgan fingerprint density at radius 3 is 2.71 bits per heavy atom. The lowest BCUT2D eigenvalue weighted by atomic mass is 10.2. The fraction of sp³-hybridized carbons (Fsp3) is 0.182. The van der Waals surface area contributed by atoms with Crippen LogP contribution >= 0.6 is 0 Å². The maximum absolute atomic E-state index is 11.7. The van der Waals surface area contributed by atoms with Gasteiger partial charge in [-0.2, -0.15) is 5.10 Å². The molecule has 0 aliphatic rings. The maximum Gasteiger partial charge on any atom is 0.251 e. The Balaban J connectivity index is 1.95. The number of amides is 1. The van der Waals surface area contributed by atoms with Crippen LogP contribution in [0.5, 0.6) is 0 Å². The van der Waals surface area contributed by atoms with Crippen molar-refractivity contribution in [2.75, 3.05) is 5.73 Å². The number of aryl methyl sites for hydroxylation is 1. The summed E-state index contributed by atoms with van der Waals surface area (Å²) < 4.78 is 1.59. The minimum Gasteiger partial charge on any atom is -0.399 e. The van der Waals surface area contributed by atoms with Crippen LogP contribution in [0.1, 0.15) is 16.2 Å². The number of carbonyl (C=O) groups is 1. The third-order valence-electron chi connectivity index (χ3n) is 2.23. The van der Waals surface area contributed by atoms with Crippen LogP contribution in [0.4, 0.5) is 5.69 Å². The van der Waals surface area contributed by atoms with Crippen molar-refractivity contribution in [1.29, 1.82) is 0 Å². The predicted molar refractivity (Wildman–Crippen MR) is 63.0 cm³/mol. The van der Waals surface area contributed by atoms with E-state index in [-0.39, 0.29) is 5.91 Å². The van der Waals surface area contributed by atoms with E-state index < -0.39 is 0 Å². The van der Waals surface area contributed by atoms with E-state index in [1.807, 2.05) is 0 Å².